The number of hydrogen-bond donors (Lipinski definition) is 0. The van der Waals surface area contributed by atoms with Crippen LogP contribution in [0.3, 0.4) is 0 Å². The molecule has 0 aromatic heterocycles. The van der Waals surface area contributed by atoms with Crippen LogP contribution >= 0.6 is 0 Å². The summed E-state index contributed by atoms with van der Waals surface area (Å²) in [6.07, 6.45) is 3.92. The minimum atomic E-state index is 0.642. The predicted molar refractivity (Wildman–Crippen MR) is 65.8 cm³/mol. The van der Waals surface area contributed by atoms with Gasteiger partial charge in [0.2, 0.25) is 0 Å². The summed E-state index contributed by atoms with van der Waals surface area (Å²) in [6.45, 7) is 8.62. The van der Waals surface area contributed by atoms with Crippen molar-refractivity contribution in [2.75, 3.05) is 0 Å². The van der Waals surface area contributed by atoms with E-state index >= 15 is 0 Å². The van der Waals surface area contributed by atoms with E-state index in [1.165, 1.54) is 36.0 Å². The fraction of sp³-hybridized carbons (Fsp3) is 0.600. The highest BCUT2D eigenvalue weighted by Gasteiger charge is 2.28. The number of ether oxygens (including phenoxy) is 1. The SMILES string of the molecule is Cc1c2c(c(C(C)C)c3c1COC3)CCC2. The van der Waals surface area contributed by atoms with Crippen molar-refractivity contribution in [2.24, 2.45) is 0 Å². The first kappa shape index (κ1) is 10.3. The molecular formula is C15H20O. The molecule has 2 aliphatic rings. The van der Waals surface area contributed by atoms with E-state index in [1.54, 1.807) is 16.7 Å². The van der Waals surface area contributed by atoms with Crippen LogP contribution in [0.5, 0.6) is 0 Å². The number of benzene rings is 1. The standard InChI is InChI=1S/C15H20O/c1-9(2)15-12-6-4-5-11(12)10(3)13-7-16-8-14(13)15/h9H,4-8H2,1-3H3. The summed E-state index contributed by atoms with van der Waals surface area (Å²) >= 11 is 0. The summed E-state index contributed by atoms with van der Waals surface area (Å²) in [5.74, 6) is 0.642. The molecule has 0 saturated heterocycles. The van der Waals surface area contributed by atoms with Gasteiger partial charge < -0.3 is 4.74 Å². The second kappa shape index (κ2) is 3.59. The Balaban J connectivity index is 2.31. The third-order valence-corrected chi connectivity index (χ3v) is 4.21. The molecule has 1 aliphatic heterocycles. The average Bonchev–Trinajstić information content (AvgIpc) is 2.84. The highest BCUT2D eigenvalue weighted by molar-refractivity contribution is 5.55. The van der Waals surface area contributed by atoms with Gasteiger partial charge in [-0.3, -0.25) is 0 Å². The van der Waals surface area contributed by atoms with Gasteiger partial charge in [-0.05, 0) is 65.5 Å². The molecular weight excluding hydrogens is 196 g/mol. The lowest BCUT2D eigenvalue weighted by molar-refractivity contribution is 0.134. The number of hydrogen-bond acceptors (Lipinski definition) is 1. The minimum Gasteiger partial charge on any atom is -0.372 e. The van der Waals surface area contributed by atoms with E-state index in [1.807, 2.05) is 0 Å². The molecule has 16 heavy (non-hydrogen) atoms. The van der Waals surface area contributed by atoms with Crippen LogP contribution < -0.4 is 0 Å². The Morgan fingerprint density at radius 1 is 0.938 bits per heavy atom. The van der Waals surface area contributed by atoms with Crippen LogP contribution in [0.15, 0.2) is 0 Å². The van der Waals surface area contributed by atoms with Crippen LogP contribution in [0.4, 0.5) is 0 Å². The molecule has 86 valence electrons. The maximum atomic E-state index is 5.67. The van der Waals surface area contributed by atoms with E-state index in [4.69, 9.17) is 4.74 Å². The number of rotatable bonds is 1. The Morgan fingerprint density at radius 3 is 2.38 bits per heavy atom. The molecule has 1 aliphatic carbocycles. The molecule has 0 bridgehead atoms. The topological polar surface area (TPSA) is 9.23 Å². The molecule has 1 heteroatoms. The van der Waals surface area contributed by atoms with Crippen LogP contribution in [-0.4, -0.2) is 0 Å². The zero-order valence-electron chi connectivity index (χ0n) is 10.5. The highest BCUT2D eigenvalue weighted by atomic mass is 16.5. The summed E-state index contributed by atoms with van der Waals surface area (Å²) in [5.41, 5.74) is 9.48. The molecule has 0 N–H and O–H groups in total. The van der Waals surface area contributed by atoms with Gasteiger partial charge in [-0.25, -0.2) is 0 Å². The van der Waals surface area contributed by atoms with Crippen LogP contribution in [0.1, 0.15) is 59.6 Å². The zero-order chi connectivity index (χ0) is 11.3. The lowest BCUT2D eigenvalue weighted by atomic mass is 9.85. The van der Waals surface area contributed by atoms with Crippen molar-refractivity contribution in [3.05, 3.63) is 33.4 Å². The van der Waals surface area contributed by atoms with Crippen molar-refractivity contribution >= 4 is 0 Å². The molecule has 0 spiro atoms. The Hall–Kier alpha value is -0.820. The molecule has 1 nitrogen and oxygen atoms in total. The summed E-state index contributed by atoms with van der Waals surface area (Å²) in [6, 6.07) is 0. The van der Waals surface area contributed by atoms with E-state index in [0.717, 1.165) is 13.2 Å². The van der Waals surface area contributed by atoms with Crippen LogP contribution in [0.25, 0.3) is 0 Å². The lowest BCUT2D eigenvalue weighted by Crippen LogP contribution is -2.05. The van der Waals surface area contributed by atoms with Crippen molar-refractivity contribution in [1.29, 1.82) is 0 Å². The molecule has 0 saturated carbocycles. The molecule has 0 radical (unpaired) electrons. The van der Waals surface area contributed by atoms with Gasteiger partial charge in [0.05, 0.1) is 13.2 Å². The van der Waals surface area contributed by atoms with Crippen molar-refractivity contribution < 1.29 is 4.74 Å². The summed E-state index contributed by atoms with van der Waals surface area (Å²) in [5, 5.41) is 0. The quantitative estimate of drug-likeness (QED) is 0.696. The van der Waals surface area contributed by atoms with Gasteiger partial charge in [-0.15, -0.1) is 0 Å². The van der Waals surface area contributed by atoms with Gasteiger partial charge in [-0.2, -0.15) is 0 Å². The molecule has 1 aromatic carbocycles. The smallest absolute Gasteiger partial charge is 0.0727 e. The Morgan fingerprint density at radius 2 is 1.62 bits per heavy atom. The van der Waals surface area contributed by atoms with Crippen molar-refractivity contribution in [3.8, 4) is 0 Å². The summed E-state index contributed by atoms with van der Waals surface area (Å²) in [4.78, 5) is 0. The molecule has 0 atom stereocenters. The van der Waals surface area contributed by atoms with E-state index in [-0.39, 0.29) is 0 Å². The first-order chi connectivity index (χ1) is 7.70. The fourth-order valence-electron chi connectivity index (χ4n) is 3.52. The molecule has 1 aromatic rings. The number of fused-ring (bicyclic) bond motifs is 2. The maximum Gasteiger partial charge on any atom is 0.0727 e. The van der Waals surface area contributed by atoms with Crippen LogP contribution in [0, 0.1) is 6.92 Å². The molecule has 0 fully saturated rings. The van der Waals surface area contributed by atoms with E-state index in [0.29, 0.717) is 5.92 Å². The van der Waals surface area contributed by atoms with Gasteiger partial charge in [0.1, 0.15) is 0 Å². The zero-order valence-corrected chi connectivity index (χ0v) is 10.5. The minimum absolute atomic E-state index is 0.642. The third kappa shape index (κ3) is 1.27. The van der Waals surface area contributed by atoms with Crippen molar-refractivity contribution in [1.82, 2.24) is 0 Å². The van der Waals surface area contributed by atoms with E-state index < -0.39 is 0 Å². The summed E-state index contributed by atoms with van der Waals surface area (Å²) in [7, 11) is 0. The van der Waals surface area contributed by atoms with Crippen molar-refractivity contribution in [3.63, 3.8) is 0 Å². The Labute approximate surface area is 97.8 Å². The maximum absolute atomic E-state index is 5.67. The van der Waals surface area contributed by atoms with Crippen molar-refractivity contribution in [2.45, 2.75) is 59.2 Å². The second-order valence-corrected chi connectivity index (χ2v) is 5.45. The van der Waals surface area contributed by atoms with Gasteiger partial charge in [0, 0.05) is 0 Å². The summed E-state index contributed by atoms with van der Waals surface area (Å²) < 4.78 is 5.67. The molecule has 3 rings (SSSR count). The fourth-order valence-corrected chi connectivity index (χ4v) is 3.52. The van der Waals surface area contributed by atoms with Crippen LogP contribution in [-0.2, 0) is 30.8 Å². The van der Waals surface area contributed by atoms with E-state index in [9.17, 15) is 0 Å². The van der Waals surface area contributed by atoms with Gasteiger partial charge in [0.25, 0.3) is 0 Å². The van der Waals surface area contributed by atoms with E-state index in [2.05, 4.69) is 20.8 Å². The molecule has 1 heterocycles. The lowest BCUT2D eigenvalue weighted by Gasteiger charge is -2.19. The monoisotopic (exact) mass is 216 g/mol. The molecule has 0 amide bonds. The Bertz CT molecular complexity index is 408. The third-order valence-electron chi connectivity index (χ3n) is 4.21. The van der Waals surface area contributed by atoms with Gasteiger partial charge >= 0.3 is 0 Å². The van der Waals surface area contributed by atoms with Crippen LogP contribution in [0.2, 0.25) is 0 Å². The predicted octanol–water partition coefficient (Wildman–Crippen LogP) is 3.64. The van der Waals surface area contributed by atoms with Gasteiger partial charge in [0.15, 0.2) is 0 Å². The Kier molecular flexibility index (Phi) is 2.32. The first-order valence-electron chi connectivity index (χ1n) is 6.43. The largest absolute Gasteiger partial charge is 0.372 e. The molecule has 0 unspecified atom stereocenters. The highest BCUT2D eigenvalue weighted by Crippen LogP contribution is 2.40. The second-order valence-electron chi connectivity index (χ2n) is 5.45. The van der Waals surface area contributed by atoms with Gasteiger partial charge in [-0.1, -0.05) is 13.8 Å². The normalized spacial score (nSPS) is 18.0. The first-order valence-corrected chi connectivity index (χ1v) is 6.43. The average molecular weight is 216 g/mol.